The number of benzene rings is 1. The zero-order chi connectivity index (χ0) is 13.2. The number of hydrogen-bond acceptors (Lipinski definition) is 3. The number of sulfone groups is 1. The van der Waals surface area contributed by atoms with Crippen molar-refractivity contribution in [3.8, 4) is 0 Å². The second-order valence-electron chi connectivity index (χ2n) is 5.10. The van der Waals surface area contributed by atoms with Crippen molar-refractivity contribution in [2.75, 3.05) is 25.1 Å². The van der Waals surface area contributed by atoms with Gasteiger partial charge >= 0.3 is 0 Å². The molecule has 1 saturated heterocycles. The van der Waals surface area contributed by atoms with Crippen LogP contribution in [-0.2, 0) is 15.3 Å². The summed E-state index contributed by atoms with van der Waals surface area (Å²) in [5.41, 5.74) is 0.480. The topological polar surface area (TPSA) is 46.2 Å². The lowest BCUT2D eigenvalue weighted by molar-refractivity contribution is 0.248. The van der Waals surface area contributed by atoms with Gasteiger partial charge in [0.2, 0.25) is 0 Å². The second-order valence-corrected chi connectivity index (χ2v) is 7.36. The molecule has 0 unspecified atom stereocenters. The van der Waals surface area contributed by atoms with Crippen LogP contribution in [0.4, 0.5) is 4.39 Å². The predicted octanol–water partition coefficient (Wildman–Crippen LogP) is 1.49. The van der Waals surface area contributed by atoms with Crippen molar-refractivity contribution in [1.29, 1.82) is 0 Å². The van der Waals surface area contributed by atoms with Gasteiger partial charge in [0.25, 0.3) is 0 Å². The van der Waals surface area contributed by atoms with Crippen molar-refractivity contribution >= 4 is 9.84 Å². The van der Waals surface area contributed by atoms with Crippen molar-refractivity contribution in [1.82, 2.24) is 5.32 Å². The van der Waals surface area contributed by atoms with Crippen LogP contribution >= 0.6 is 0 Å². The van der Waals surface area contributed by atoms with Gasteiger partial charge in [-0.15, -0.1) is 0 Å². The van der Waals surface area contributed by atoms with Gasteiger partial charge < -0.3 is 5.32 Å². The summed E-state index contributed by atoms with van der Waals surface area (Å²) >= 11 is 0. The summed E-state index contributed by atoms with van der Waals surface area (Å²) in [6.45, 7) is 1.44. The molecule has 0 spiro atoms. The minimum Gasteiger partial charge on any atom is -0.315 e. The Kier molecular flexibility index (Phi) is 3.73. The number of hydrogen-bond donors (Lipinski definition) is 1. The monoisotopic (exact) mass is 271 g/mol. The molecule has 2 rings (SSSR count). The summed E-state index contributed by atoms with van der Waals surface area (Å²) in [7, 11) is -2.94. The summed E-state index contributed by atoms with van der Waals surface area (Å²) < 4.78 is 36.1. The average Bonchev–Trinajstić information content (AvgIpc) is 2.22. The van der Waals surface area contributed by atoms with E-state index in [-0.39, 0.29) is 17.0 Å². The molecule has 0 amide bonds. The molecule has 1 aliphatic rings. The Morgan fingerprint density at radius 3 is 2.50 bits per heavy atom. The first-order valence-electron chi connectivity index (χ1n) is 6.06. The Morgan fingerprint density at radius 2 is 2.00 bits per heavy atom. The Labute approximate surface area is 107 Å². The maximum absolute atomic E-state index is 13.8. The van der Waals surface area contributed by atoms with E-state index in [4.69, 9.17) is 0 Å². The summed E-state index contributed by atoms with van der Waals surface area (Å²) in [5.74, 6) is -0.0261. The smallest absolute Gasteiger partial charge is 0.147 e. The van der Waals surface area contributed by atoms with E-state index in [2.05, 4.69) is 5.32 Å². The molecule has 1 N–H and O–H groups in total. The van der Waals surface area contributed by atoms with E-state index in [1.165, 1.54) is 12.3 Å². The third-order valence-corrected chi connectivity index (χ3v) is 4.57. The Morgan fingerprint density at radius 1 is 1.33 bits per heavy atom. The van der Waals surface area contributed by atoms with Crippen molar-refractivity contribution < 1.29 is 12.8 Å². The van der Waals surface area contributed by atoms with Crippen LogP contribution in [0.2, 0.25) is 0 Å². The van der Waals surface area contributed by atoms with E-state index in [0.717, 1.165) is 13.1 Å². The normalized spacial score (nSPS) is 18.3. The van der Waals surface area contributed by atoms with Gasteiger partial charge in [-0.3, -0.25) is 0 Å². The SMILES string of the molecule is CS(=O)(=O)CCCC1(c2ccccc2F)CNC1. The minimum absolute atomic E-state index is 0.170. The minimum atomic E-state index is -2.94. The highest BCUT2D eigenvalue weighted by Gasteiger charge is 2.39. The lowest BCUT2D eigenvalue weighted by atomic mass is 9.72. The van der Waals surface area contributed by atoms with Crippen LogP contribution in [0.1, 0.15) is 18.4 Å². The number of halogens is 1. The van der Waals surface area contributed by atoms with Crippen LogP contribution < -0.4 is 5.32 Å². The Balaban J connectivity index is 2.10. The summed E-state index contributed by atoms with van der Waals surface area (Å²) in [5, 5.41) is 3.16. The molecule has 0 radical (unpaired) electrons. The highest BCUT2D eigenvalue weighted by Crippen LogP contribution is 2.35. The molecule has 0 bridgehead atoms. The molecule has 1 aromatic rings. The van der Waals surface area contributed by atoms with Gasteiger partial charge in [0, 0.05) is 30.5 Å². The van der Waals surface area contributed by atoms with Crippen molar-refractivity contribution in [3.63, 3.8) is 0 Å². The molecule has 0 aromatic heterocycles. The molecular weight excluding hydrogens is 253 g/mol. The van der Waals surface area contributed by atoms with Crippen molar-refractivity contribution in [3.05, 3.63) is 35.6 Å². The van der Waals surface area contributed by atoms with Gasteiger partial charge in [-0.1, -0.05) is 18.2 Å². The fraction of sp³-hybridized carbons (Fsp3) is 0.538. The van der Waals surface area contributed by atoms with E-state index >= 15 is 0 Å². The molecular formula is C13H18FNO2S. The zero-order valence-electron chi connectivity index (χ0n) is 10.4. The Hall–Kier alpha value is -0.940. The predicted molar refractivity (Wildman–Crippen MR) is 69.9 cm³/mol. The van der Waals surface area contributed by atoms with E-state index in [9.17, 15) is 12.8 Å². The fourth-order valence-electron chi connectivity index (χ4n) is 2.49. The van der Waals surface area contributed by atoms with Gasteiger partial charge in [-0.25, -0.2) is 12.8 Å². The standard InChI is InChI=1S/C13H18FNO2S/c1-18(16,17)8-4-7-13(9-15-10-13)11-5-2-3-6-12(11)14/h2-3,5-6,15H,4,7-10H2,1H3. The summed E-state index contributed by atoms with van der Waals surface area (Å²) in [6, 6.07) is 6.77. The molecule has 3 nitrogen and oxygen atoms in total. The average molecular weight is 271 g/mol. The first kappa shape index (κ1) is 13.5. The molecule has 0 aliphatic carbocycles. The third-order valence-electron chi connectivity index (χ3n) is 3.54. The van der Waals surface area contributed by atoms with Gasteiger partial charge in [-0.2, -0.15) is 0 Å². The van der Waals surface area contributed by atoms with Gasteiger partial charge in [-0.05, 0) is 24.5 Å². The molecule has 100 valence electrons. The quantitative estimate of drug-likeness (QED) is 0.882. The van der Waals surface area contributed by atoms with Gasteiger partial charge in [0.1, 0.15) is 15.7 Å². The van der Waals surface area contributed by atoms with Crippen LogP contribution in [0.5, 0.6) is 0 Å². The van der Waals surface area contributed by atoms with E-state index < -0.39 is 9.84 Å². The third kappa shape index (κ3) is 2.90. The molecule has 5 heteroatoms. The van der Waals surface area contributed by atoms with Crippen molar-refractivity contribution in [2.24, 2.45) is 0 Å². The summed E-state index contributed by atoms with van der Waals surface area (Å²) in [6.07, 6.45) is 2.52. The second kappa shape index (κ2) is 4.97. The van der Waals surface area contributed by atoms with Crippen LogP contribution in [0.15, 0.2) is 24.3 Å². The van der Waals surface area contributed by atoms with Crippen molar-refractivity contribution in [2.45, 2.75) is 18.3 Å². The first-order chi connectivity index (χ1) is 8.43. The number of rotatable bonds is 5. The maximum Gasteiger partial charge on any atom is 0.147 e. The highest BCUT2D eigenvalue weighted by atomic mass is 32.2. The molecule has 0 saturated carbocycles. The lowest BCUT2D eigenvalue weighted by Crippen LogP contribution is -2.57. The van der Waals surface area contributed by atoms with E-state index in [0.29, 0.717) is 18.4 Å². The van der Waals surface area contributed by atoms with Crippen LogP contribution in [0, 0.1) is 5.82 Å². The largest absolute Gasteiger partial charge is 0.315 e. The lowest BCUT2D eigenvalue weighted by Gasteiger charge is -2.43. The van der Waals surface area contributed by atoms with Crippen LogP contribution in [0.3, 0.4) is 0 Å². The molecule has 1 aromatic carbocycles. The van der Waals surface area contributed by atoms with Gasteiger partial charge in [0.05, 0.1) is 0 Å². The van der Waals surface area contributed by atoms with Gasteiger partial charge in [0.15, 0.2) is 0 Å². The fourth-order valence-corrected chi connectivity index (χ4v) is 3.16. The van der Waals surface area contributed by atoms with Crippen LogP contribution in [0.25, 0.3) is 0 Å². The first-order valence-corrected chi connectivity index (χ1v) is 8.12. The molecule has 0 atom stereocenters. The van der Waals surface area contributed by atoms with Crippen LogP contribution in [-0.4, -0.2) is 33.5 Å². The zero-order valence-corrected chi connectivity index (χ0v) is 11.3. The molecule has 1 aliphatic heterocycles. The maximum atomic E-state index is 13.8. The Bertz CT molecular complexity index is 524. The number of nitrogens with one attached hydrogen (secondary N) is 1. The van der Waals surface area contributed by atoms with E-state index in [1.54, 1.807) is 12.1 Å². The molecule has 18 heavy (non-hydrogen) atoms. The summed E-state index contributed by atoms with van der Waals surface area (Å²) in [4.78, 5) is 0. The molecule has 1 heterocycles. The van der Waals surface area contributed by atoms with E-state index in [1.807, 2.05) is 6.07 Å². The molecule has 1 fully saturated rings. The highest BCUT2D eigenvalue weighted by molar-refractivity contribution is 7.90.